The van der Waals surface area contributed by atoms with E-state index in [9.17, 15) is 4.79 Å². The molecule has 0 aliphatic rings. The van der Waals surface area contributed by atoms with Crippen LogP contribution in [0, 0.1) is 6.92 Å². The van der Waals surface area contributed by atoms with Gasteiger partial charge in [-0.05, 0) is 6.92 Å². The molecular weight excluding hydrogens is 148 g/mol. The molecule has 11 heavy (non-hydrogen) atoms. The molecule has 0 atom stereocenters. The topological polar surface area (TPSA) is 75.4 Å². The molecule has 0 aliphatic carbocycles. The van der Waals surface area contributed by atoms with Gasteiger partial charge in [-0.15, -0.1) is 0 Å². The zero-order chi connectivity index (χ0) is 8.43. The fourth-order valence-electron chi connectivity index (χ4n) is 0.792. The standard InChI is InChI=1S/C6H8N2O3/c1-3-4(6(9)10)5(7-2)11-8-3/h7H,1-2H3,(H,9,10). The molecule has 1 rings (SSSR count). The maximum absolute atomic E-state index is 10.5. The van der Waals surface area contributed by atoms with E-state index in [4.69, 9.17) is 5.11 Å². The summed E-state index contributed by atoms with van der Waals surface area (Å²) in [6.45, 7) is 1.58. The molecule has 0 aromatic carbocycles. The molecule has 0 aliphatic heterocycles. The summed E-state index contributed by atoms with van der Waals surface area (Å²) >= 11 is 0. The number of nitrogens with zero attached hydrogens (tertiary/aromatic N) is 1. The van der Waals surface area contributed by atoms with Gasteiger partial charge < -0.3 is 14.9 Å². The van der Waals surface area contributed by atoms with Crippen molar-refractivity contribution in [1.29, 1.82) is 0 Å². The van der Waals surface area contributed by atoms with Gasteiger partial charge in [0.2, 0.25) is 5.88 Å². The van der Waals surface area contributed by atoms with E-state index in [0.29, 0.717) is 5.69 Å². The van der Waals surface area contributed by atoms with Crippen molar-refractivity contribution in [3.63, 3.8) is 0 Å². The van der Waals surface area contributed by atoms with E-state index in [0.717, 1.165) is 0 Å². The highest BCUT2D eigenvalue weighted by atomic mass is 16.5. The van der Waals surface area contributed by atoms with Crippen molar-refractivity contribution in [2.75, 3.05) is 12.4 Å². The Morgan fingerprint density at radius 1 is 1.73 bits per heavy atom. The lowest BCUT2D eigenvalue weighted by molar-refractivity contribution is 0.0697. The van der Waals surface area contributed by atoms with E-state index in [1.807, 2.05) is 0 Å². The Balaban J connectivity index is 3.17. The Kier molecular flexibility index (Phi) is 1.80. The first-order valence-electron chi connectivity index (χ1n) is 3.04. The van der Waals surface area contributed by atoms with Crippen LogP contribution in [0.1, 0.15) is 16.1 Å². The molecule has 1 aromatic heterocycles. The highest BCUT2D eigenvalue weighted by Crippen LogP contribution is 2.17. The zero-order valence-electron chi connectivity index (χ0n) is 6.21. The minimum atomic E-state index is -1.03. The fourth-order valence-corrected chi connectivity index (χ4v) is 0.792. The SMILES string of the molecule is CNc1onc(C)c1C(=O)O. The Hall–Kier alpha value is -1.52. The first kappa shape index (κ1) is 7.59. The minimum Gasteiger partial charge on any atom is -0.477 e. The van der Waals surface area contributed by atoms with Crippen LogP contribution in [0.3, 0.4) is 0 Å². The Labute approximate surface area is 63.0 Å². The van der Waals surface area contributed by atoms with Crippen molar-refractivity contribution in [3.8, 4) is 0 Å². The molecule has 5 nitrogen and oxygen atoms in total. The van der Waals surface area contributed by atoms with Gasteiger partial charge in [0.25, 0.3) is 0 Å². The van der Waals surface area contributed by atoms with Gasteiger partial charge in [-0.25, -0.2) is 4.79 Å². The van der Waals surface area contributed by atoms with Crippen LogP contribution in [-0.2, 0) is 0 Å². The smallest absolute Gasteiger partial charge is 0.343 e. The normalized spacial score (nSPS) is 9.64. The zero-order valence-corrected chi connectivity index (χ0v) is 6.21. The van der Waals surface area contributed by atoms with Crippen molar-refractivity contribution < 1.29 is 14.4 Å². The molecule has 0 radical (unpaired) electrons. The van der Waals surface area contributed by atoms with E-state index in [1.54, 1.807) is 14.0 Å². The third-order valence-electron chi connectivity index (χ3n) is 1.30. The molecule has 2 N–H and O–H groups in total. The Morgan fingerprint density at radius 3 is 2.73 bits per heavy atom. The highest BCUT2D eigenvalue weighted by molar-refractivity contribution is 5.93. The quantitative estimate of drug-likeness (QED) is 0.659. The van der Waals surface area contributed by atoms with Crippen LogP contribution in [0.15, 0.2) is 4.52 Å². The summed E-state index contributed by atoms with van der Waals surface area (Å²) in [6.07, 6.45) is 0. The minimum absolute atomic E-state index is 0.0903. The molecule has 0 fully saturated rings. The van der Waals surface area contributed by atoms with Crippen molar-refractivity contribution in [2.24, 2.45) is 0 Å². The number of aryl methyl sites for hydroxylation is 1. The summed E-state index contributed by atoms with van der Waals surface area (Å²) < 4.78 is 4.66. The number of carboxylic acids is 1. The summed E-state index contributed by atoms with van der Waals surface area (Å²) in [7, 11) is 1.58. The van der Waals surface area contributed by atoms with Crippen LogP contribution in [0.25, 0.3) is 0 Å². The van der Waals surface area contributed by atoms with Gasteiger partial charge in [0.1, 0.15) is 5.56 Å². The summed E-state index contributed by atoms with van der Waals surface area (Å²) in [5.41, 5.74) is 0.467. The number of aromatic nitrogens is 1. The highest BCUT2D eigenvalue weighted by Gasteiger charge is 2.17. The first-order valence-corrected chi connectivity index (χ1v) is 3.04. The molecular formula is C6H8N2O3. The molecule has 1 heterocycles. The van der Waals surface area contributed by atoms with Crippen LogP contribution in [-0.4, -0.2) is 23.3 Å². The molecule has 0 unspecified atom stereocenters. The second-order valence-electron chi connectivity index (χ2n) is 2.03. The van der Waals surface area contributed by atoms with Gasteiger partial charge >= 0.3 is 5.97 Å². The lowest BCUT2D eigenvalue weighted by Gasteiger charge is -1.92. The second-order valence-corrected chi connectivity index (χ2v) is 2.03. The summed E-state index contributed by atoms with van der Waals surface area (Å²) in [6, 6.07) is 0. The molecule has 5 heteroatoms. The van der Waals surface area contributed by atoms with Crippen molar-refractivity contribution in [1.82, 2.24) is 5.16 Å². The van der Waals surface area contributed by atoms with Crippen molar-refractivity contribution in [3.05, 3.63) is 11.3 Å². The van der Waals surface area contributed by atoms with Gasteiger partial charge in [0.15, 0.2) is 0 Å². The van der Waals surface area contributed by atoms with Gasteiger partial charge in [0, 0.05) is 7.05 Å². The summed E-state index contributed by atoms with van der Waals surface area (Å²) in [5, 5.41) is 14.7. The number of carboxylic acid groups (broad SMARTS) is 1. The third kappa shape index (κ3) is 1.17. The van der Waals surface area contributed by atoms with Gasteiger partial charge in [0.05, 0.1) is 5.69 Å². The summed E-state index contributed by atoms with van der Waals surface area (Å²) in [4.78, 5) is 10.5. The first-order chi connectivity index (χ1) is 5.16. The Morgan fingerprint density at radius 2 is 2.36 bits per heavy atom. The molecule has 0 saturated heterocycles. The van der Waals surface area contributed by atoms with E-state index in [-0.39, 0.29) is 11.4 Å². The van der Waals surface area contributed by atoms with Crippen molar-refractivity contribution >= 4 is 11.9 Å². The van der Waals surface area contributed by atoms with Gasteiger partial charge in [-0.2, -0.15) is 0 Å². The van der Waals surface area contributed by atoms with Crippen LogP contribution >= 0.6 is 0 Å². The number of aromatic carboxylic acids is 1. The lowest BCUT2D eigenvalue weighted by Crippen LogP contribution is -2.01. The average Bonchev–Trinajstić information content (AvgIpc) is 2.30. The molecule has 0 amide bonds. The van der Waals surface area contributed by atoms with Gasteiger partial charge in [-0.3, -0.25) is 0 Å². The van der Waals surface area contributed by atoms with Crippen LogP contribution in [0.5, 0.6) is 0 Å². The molecule has 1 aromatic rings. The fraction of sp³-hybridized carbons (Fsp3) is 0.333. The predicted octanol–water partition coefficient (Wildman–Crippen LogP) is 0.723. The number of rotatable bonds is 2. The molecule has 0 saturated carbocycles. The summed E-state index contributed by atoms with van der Waals surface area (Å²) in [5.74, 6) is -0.844. The number of hydrogen-bond donors (Lipinski definition) is 2. The second kappa shape index (κ2) is 2.61. The van der Waals surface area contributed by atoms with E-state index >= 15 is 0 Å². The molecule has 0 bridgehead atoms. The van der Waals surface area contributed by atoms with Crippen LogP contribution in [0.2, 0.25) is 0 Å². The van der Waals surface area contributed by atoms with Crippen molar-refractivity contribution in [2.45, 2.75) is 6.92 Å². The van der Waals surface area contributed by atoms with E-state index in [2.05, 4.69) is 15.0 Å². The molecule has 0 spiro atoms. The van der Waals surface area contributed by atoms with Crippen LogP contribution < -0.4 is 5.32 Å². The predicted molar refractivity (Wildman–Crippen MR) is 37.7 cm³/mol. The Bertz CT molecular complexity index is 279. The number of nitrogens with one attached hydrogen (secondary N) is 1. The number of hydrogen-bond acceptors (Lipinski definition) is 4. The maximum Gasteiger partial charge on any atom is 0.343 e. The average molecular weight is 156 g/mol. The van der Waals surface area contributed by atoms with E-state index in [1.165, 1.54) is 0 Å². The van der Waals surface area contributed by atoms with E-state index < -0.39 is 5.97 Å². The number of anilines is 1. The van der Waals surface area contributed by atoms with Crippen LogP contribution in [0.4, 0.5) is 5.88 Å². The van der Waals surface area contributed by atoms with Gasteiger partial charge in [-0.1, -0.05) is 5.16 Å². The lowest BCUT2D eigenvalue weighted by atomic mass is 10.2. The largest absolute Gasteiger partial charge is 0.477 e. The monoisotopic (exact) mass is 156 g/mol. The molecule has 60 valence electrons. The third-order valence-corrected chi connectivity index (χ3v) is 1.30. The maximum atomic E-state index is 10.5. The number of carbonyl (C=O) groups is 1.